The molecule has 0 spiro atoms. The Balaban J connectivity index is 3.09. The topological polar surface area (TPSA) is 41.1 Å². The Bertz CT molecular complexity index is 109. The third-order valence-corrected chi connectivity index (χ3v) is 1.25. The molecule has 11 heavy (non-hydrogen) atoms. The van der Waals surface area contributed by atoms with Crippen LogP contribution in [0.5, 0.6) is 0 Å². The fourth-order valence-electron chi connectivity index (χ4n) is 0.701. The normalized spacial score (nSPS) is 9.64. The Kier molecular flexibility index (Phi) is 7.03. The number of carbonyl (C=O) groups excluding carboxylic acids is 1. The lowest BCUT2D eigenvalue weighted by atomic mass is 10.3. The number of carbonyl (C=O) groups is 1. The van der Waals surface area contributed by atoms with E-state index in [0.29, 0.717) is 6.42 Å². The molecule has 66 valence electrons. The van der Waals surface area contributed by atoms with E-state index >= 15 is 0 Å². The van der Waals surface area contributed by atoms with E-state index in [0.717, 1.165) is 13.0 Å². The van der Waals surface area contributed by atoms with E-state index in [1.807, 2.05) is 7.05 Å². The van der Waals surface area contributed by atoms with Crippen LogP contribution in [0.3, 0.4) is 0 Å². The van der Waals surface area contributed by atoms with Gasteiger partial charge in [0.2, 0.25) is 5.91 Å². The fourth-order valence-corrected chi connectivity index (χ4v) is 0.701. The Labute approximate surface area is 66.4 Å². The average Bonchev–Trinajstić information content (AvgIpc) is 2.01. The van der Waals surface area contributed by atoms with Crippen molar-refractivity contribution in [2.75, 3.05) is 26.8 Å². The maximum absolute atomic E-state index is 11.5. The van der Waals surface area contributed by atoms with Gasteiger partial charge in [-0.2, -0.15) is 0 Å². The Morgan fingerprint density at radius 2 is 2.18 bits per heavy atom. The number of halogens is 1. The third-order valence-electron chi connectivity index (χ3n) is 1.25. The molecule has 0 bridgehead atoms. The highest BCUT2D eigenvalue weighted by molar-refractivity contribution is 5.75. The number of rotatable bonds is 6. The van der Waals surface area contributed by atoms with Gasteiger partial charge in [-0.15, -0.1) is 0 Å². The van der Waals surface area contributed by atoms with E-state index < -0.39 is 6.67 Å². The predicted molar refractivity (Wildman–Crippen MR) is 42.1 cm³/mol. The lowest BCUT2D eigenvalue weighted by molar-refractivity contribution is -0.121. The van der Waals surface area contributed by atoms with Gasteiger partial charge in [0.15, 0.2) is 0 Å². The molecule has 2 N–H and O–H groups in total. The van der Waals surface area contributed by atoms with Gasteiger partial charge in [0.25, 0.3) is 0 Å². The van der Waals surface area contributed by atoms with Gasteiger partial charge in [0.1, 0.15) is 6.67 Å². The summed E-state index contributed by atoms with van der Waals surface area (Å²) in [6, 6.07) is 0. The molecule has 3 nitrogen and oxygen atoms in total. The molecule has 0 aliphatic carbocycles. The van der Waals surface area contributed by atoms with Crippen molar-refractivity contribution in [3.8, 4) is 0 Å². The summed E-state index contributed by atoms with van der Waals surface area (Å²) in [7, 11) is 1.83. The standard InChI is InChI=1S/C7H15FN2O/c1-9-5-2-3-7(11)10-6-4-8/h9H,2-6H2,1H3,(H,10,11). The molecule has 0 unspecified atom stereocenters. The van der Waals surface area contributed by atoms with Gasteiger partial charge in [0, 0.05) is 13.0 Å². The molecule has 1 amide bonds. The number of alkyl halides is 1. The first-order valence-corrected chi connectivity index (χ1v) is 3.78. The molecule has 0 heterocycles. The summed E-state index contributed by atoms with van der Waals surface area (Å²) in [5, 5.41) is 5.37. The minimum Gasteiger partial charge on any atom is -0.353 e. The molecule has 0 fully saturated rings. The zero-order valence-electron chi connectivity index (χ0n) is 6.82. The van der Waals surface area contributed by atoms with E-state index in [4.69, 9.17) is 0 Å². The van der Waals surface area contributed by atoms with Crippen LogP contribution in [0.1, 0.15) is 12.8 Å². The van der Waals surface area contributed by atoms with Crippen molar-refractivity contribution in [2.24, 2.45) is 0 Å². The van der Waals surface area contributed by atoms with Crippen LogP contribution >= 0.6 is 0 Å². The van der Waals surface area contributed by atoms with Crippen LogP contribution in [-0.2, 0) is 4.79 Å². The average molecular weight is 162 g/mol. The number of amides is 1. The molecule has 0 radical (unpaired) electrons. The molecular formula is C7H15FN2O. The summed E-state index contributed by atoms with van der Waals surface area (Å²) >= 11 is 0. The van der Waals surface area contributed by atoms with E-state index in [-0.39, 0.29) is 12.5 Å². The molecule has 0 aromatic rings. The molecule has 0 rings (SSSR count). The van der Waals surface area contributed by atoms with Gasteiger partial charge in [-0.05, 0) is 20.0 Å². The second kappa shape index (κ2) is 7.47. The monoisotopic (exact) mass is 162 g/mol. The van der Waals surface area contributed by atoms with Crippen molar-refractivity contribution < 1.29 is 9.18 Å². The van der Waals surface area contributed by atoms with Crippen LogP contribution in [-0.4, -0.2) is 32.7 Å². The molecule has 0 saturated heterocycles. The highest BCUT2D eigenvalue weighted by Gasteiger charge is 1.97. The second-order valence-corrected chi connectivity index (χ2v) is 2.25. The Morgan fingerprint density at radius 3 is 2.73 bits per heavy atom. The van der Waals surface area contributed by atoms with Gasteiger partial charge in [-0.3, -0.25) is 4.79 Å². The largest absolute Gasteiger partial charge is 0.353 e. The summed E-state index contributed by atoms with van der Waals surface area (Å²) in [4.78, 5) is 10.8. The molecule has 0 aromatic carbocycles. The number of hydrogen-bond donors (Lipinski definition) is 2. The molecule has 4 heteroatoms. The summed E-state index contributed by atoms with van der Waals surface area (Å²) in [5.41, 5.74) is 0. The fraction of sp³-hybridized carbons (Fsp3) is 0.857. The van der Waals surface area contributed by atoms with E-state index in [1.54, 1.807) is 0 Å². The summed E-state index contributed by atoms with van der Waals surface area (Å²) in [6.45, 7) is 0.471. The first-order valence-electron chi connectivity index (χ1n) is 3.78. The first-order chi connectivity index (χ1) is 5.31. The zero-order chi connectivity index (χ0) is 8.53. The minimum absolute atomic E-state index is 0.0714. The summed E-state index contributed by atoms with van der Waals surface area (Å²) in [6.07, 6.45) is 1.27. The molecular weight excluding hydrogens is 147 g/mol. The van der Waals surface area contributed by atoms with Gasteiger partial charge in [-0.1, -0.05) is 0 Å². The Morgan fingerprint density at radius 1 is 1.45 bits per heavy atom. The predicted octanol–water partition coefficient (Wildman–Crippen LogP) is 0.0717. The maximum Gasteiger partial charge on any atom is 0.220 e. The smallest absolute Gasteiger partial charge is 0.220 e. The van der Waals surface area contributed by atoms with Crippen molar-refractivity contribution in [3.63, 3.8) is 0 Å². The van der Waals surface area contributed by atoms with Crippen molar-refractivity contribution in [3.05, 3.63) is 0 Å². The van der Waals surface area contributed by atoms with Crippen LogP contribution in [0.25, 0.3) is 0 Å². The van der Waals surface area contributed by atoms with E-state index in [2.05, 4.69) is 10.6 Å². The van der Waals surface area contributed by atoms with Gasteiger partial charge in [-0.25, -0.2) is 4.39 Å². The minimum atomic E-state index is -0.488. The number of nitrogens with one attached hydrogen (secondary N) is 2. The van der Waals surface area contributed by atoms with E-state index in [1.165, 1.54) is 0 Å². The molecule has 0 atom stereocenters. The van der Waals surface area contributed by atoms with Crippen molar-refractivity contribution in [2.45, 2.75) is 12.8 Å². The van der Waals surface area contributed by atoms with Crippen LogP contribution in [0, 0.1) is 0 Å². The quantitative estimate of drug-likeness (QED) is 0.543. The molecule has 0 aliphatic heterocycles. The van der Waals surface area contributed by atoms with Crippen LogP contribution in [0.4, 0.5) is 4.39 Å². The van der Waals surface area contributed by atoms with Crippen molar-refractivity contribution >= 4 is 5.91 Å². The zero-order valence-corrected chi connectivity index (χ0v) is 6.82. The van der Waals surface area contributed by atoms with Crippen LogP contribution < -0.4 is 10.6 Å². The second-order valence-electron chi connectivity index (χ2n) is 2.25. The van der Waals surface area contributed by atoms with Crippen LogP contribution in [0.15, 0.2) is 0 Å². The van der Waals surface area contributed by atoms with Gasteiger partial charge < -0.3 is 10.6 Å². The number of hydrogen-bond acceptors (Lipinski definition) is 2. The Hall–Kier alpha value is -0.640. The SMILES string of the molecule is CNCCCC(=O)NCCF. The highest BCUT2D eigenvalue weighted by Crippen LogP contribution is 1.85. The maximum atomic E-state index is 11.5. The first kappa shape index (κ1) is 10.4. The molecule has 0 saturated carbocycles. The summed E-state index contributed by atoms with van der Waals surface area (Å²) in [5.74, 6) is -0.0714. The molecule has 0 aliphatic rings. The lowest BCUT2D eigenvalue weighted by Gasteiger charge is -2.01. The van der Waals surface area contributed by atoms with Crippen molar-refractivity contribution in [1.29, 1.82) is 0 Å². The summed E-state index contributed by atoms with van der Waals surface area (Å²) < 4.78 is 11.5. The third kappa shape index (κ3) is 7.25. The van der Waals surface area contributed by atoms with Crippen LogP contribution in [0.2, 0.25) is 0 Å². The van der Waals surface area contributed by atoms with Crippen molar-refractivity contribution in [1.82, 2.24) is 10.6 Å². The van der Waals surface area contributed by atoms with E-state index in [9.17, 15) is 9.18 Å². The van der Waals surface area contributed by atoms with Gasteiger partial charge in [0.05, 0.1) is 0 Å². The molecule has 0 aromatic heterocycles. The highest BCUT2D eigenvalue weighted by atomic mass is 19.1. The van der Waals surface area contributed by atoms with Gasteiger partial charge >= 0.3 is 0 Å². The lowest BCUT2D eigenvalue weighted by Crippen LogP contribution is -2.26.